The number of urea groups is 1. The number of nitrogens with one attached hydrogen (secondary N) is 2. The fourth-order valence-corrected chi connectivity index (χ4v) is 2.60. The van der Waals surface area contributed by atoms with Crippen LogP contribution in [-0.4, -0.2) is 31.7 Å². The number of amides is 2. The SMILES string of the molecule is CCOC(=O)C1=C(C)NC(=O)NC1c1ccc(OC(=O)C(C)C)c(OC)c1. The molecule has 0 spiro atoms. The second-order valence-electron chi connectivity index (χ2n) is 6.28. The van der Waals surface area contributed by atoms with Gasteiger partial charge < -0.3 is 24.8 Å². The van der Waals surface area contributed by atoms with Crippen LogP contribution in [0.4, 0.5) is 4.79 Å². The minimum absolute atomic E-state index is 0.212. The van der Waals surface area contributed by atoms with Crippen LogP contribution in [0, 0.1) is 5.92 Å². The predicted octanol–water partition coefficient (Wildman–Crippen LogP) is 2.45. The van der Waals surface area contributed by atoms with Crippen LogP contribution in [0.15, 0.2) is 29.5 Å². The maximum Gasteiger partial charge on any atom is 0.338 e. The van der Waals surface area contributed by atoms with Gasteiger partial charge in [-0.15, -0.1) is 0 Å². The fraction of sp³-hybridized carbons (Fsp3) is 0.421. The monoisotopic (exact) mass is 376 g/mol. The lowest BCUT2D eigenvalue weighted by Gasteiger charge is -2.28. The Morgan fingerprint density at radius 2 is 1.93 bits per heavy atom. The van der Waals surface area contributed by atoms with Crippen molar-refractivity contribution < 1.29 is 28.6 Å². The lowest BCUT2D eigenvalue weighted by atomic mass is 9.95. The first-order valence-corrected chi connectivity index (χ1v) is 8.63. The number of methoxy groups -OCH3 is 1. The van der Waals surface area contributed by atoms with Crippen LogP contribution >= 0.6 is 0 Å². The van der Waals surface area contributed by atoms with E-state index in [2.05, 4.69) is 10.6 Å². The van der Waals surface area contributed by atoms with Gasteiger partial charge in [0, 0.05) is 5.70 Å². The molecule has 0 saturated heterocycles. The Morgan fingerprint density at radius 1 is 1.22 bits per heavy atom. The van der Waals surface area contributed by atoms with E-state index in [1.54, 1.807) is 45.9 Å². The summed E-state index contributed by atoms with van der Waals surface area (Å²) < 4.78 is 15.8. The Balaban J connectivity index is 2.42. The molecule has 0 radical (unpaired) electrons. The number of carbonyl (C=O) groups is 3. The summed E-state index contributed by atoms with van der Waals surface area (Å²) in [4.78, 5) is 36.1. The summed E-state index contributed by atoms with van der Waals surface area (Å²) in [6.45, 7) is 7.01. The summed E-state index contributed by atoms with van der Waals surface area (Å²) in [5.74, 6) is -0.631. The second kappa shape index (κ2) is 8.57. The van der Waals surface area contributed by atoms with Crippen LogP contribution in [0.1, 0.15) is 39.3 Å². The van der Waals surface area contributed by atoms with Crippen molar-refractivity contribution in [3.63, 3.8) is 0 Å². The second-order valence-corrected chi connectivity index (χ2v) is 6.28. The van der Waals surface area contributed by atoms with Crippen molar-refractivity contribution in [3.05, 3.63) is 35.0 Å². The number of allylic oxidation sites excluding steroid dienone is 1. The number of carbonyl (C=O) groups excluding carboxylic acids is 3. The van der Waals surface area contributed by atoms with Gasteiger partial charge in [0.15, 0.2) is 11.5 Å². The maximum absolute atomic E-state index is 12.4. The Morgan fingerprint density at radius 3 is 2.52 bits per heavy atom. The quantitative estimate of drug-likeness (QED) is 0.584. The average molecular weight is 376 g/mol. The van der Waals surface area contributed by atoms with Gasteiger partial charge in [-0.1, -0.05) is 19.9 Å². The highest BCUT2D eigenvalue weighted by atomic mass is 16.6. The number of hydrogen-bond donors (Lipinski definition) is 2. The molecule has 2 N–H and O–H groups in total. The van der Waals surface area contributed by atoms with Crippen LogP contribution in [0.5, 0.6) is 11.5 Å². The minimum atomic E-state index is -0.721. The summed E-state index contributed by atoms with van der Waals surface area (Å²) in [6.07, 6.45) is 0. The third-order valence-corrected chi connectivity index (χ3v) is 3.97. The number of hydrogen-bond acceptors (Lipinski definition) is 6. The van der Waals surface area contributed by atoms with E-state index in [1.807, 2.05) is 0 Å². The average Bonchev–Trinajstić information content (AvgIpc) is 2.61. The highest BCUT2D eigenvalue weighted by molar-refractivity contribution is 5.95. The molecule has 0 aliphatic carbocycles. The normalized spacial score (nSPS) is 16.5. The number of rotatable bonds is 6. The van der Waals surface area contributed by atoms with Gasteiger partial charge in [0.1, 0.15) is 0 Å². The molecule has 8 nitrogen and oxygen atoms in total. The van der Waals surface area contributed by atoms with Crippen molar-refractivity contribution in [1.82, 2.24) is 10.6 Å². The number of benzene rings is 1. The largest absolute Gasteiger partial charge is 0.493 e. The van der Waals surface area contributed by atoms with E-state index < -0.39 is 18.0 Å². The third kappa shape index (κ3) is 4.58. The fourth-order valence-electron chi connectivity index (χ4n) is 2.60. The lowest BCUT2D eigenvalue weighted by Crippen LogP contribution is -2.45. The van der Waals surface area contributed by atoms with Gasteiger partial charge in [-0.2, -0.15) is 0 Å². The van der Waals surface area contributed by atoms with Crippen LogP contribution in [-0.2, 0) is 14.3 Å². The summed E-state index contributed by atoms with van der Waals surface area (Å²) in [5, 5.41) is 5.29. The van der Waals surface area contributed by atoms with Gasteiger partial charge in [0.25, 0.3) is 0 Å². The maximum atomic E-state index is 12.4. The van der Waals surface area contributed by atoms with Crippen LogP contribution in [0.2, 0.25) is 0 Å². The van der Waals surface area contributed by atoms with Gasteiger partial charge in [-0.3, -0.25) is 4.79 Å². The van der Waals surface area contributed by atoms with Crippen LogP contribution in [0.25, 0.3) is 0 Å². The first-order chi connectivity index (χ1) is 12.8. The Kier molecular flexibility index (Phi) is 6.44. The molecule has 1 atom stereocenters. The molecule has 1 unspecified atom stereocenters. The van der Waals surface area contributed by atoms with E-state index in [1.165, 1.54) is 7.11 Å². The zero-order valence-electron chi connectivity index (χ0n) is 16.0. The molecule has 1 aromatic carbocycles. The van der Waals surface area contributed by atoms with Gasteiger partial charge in [0.2, 0.25) is 0 Å². The number of ether oxygens (including phenoxy) is 3. The van der Waals surface area contributed by atoms with Gasteiger partial charge in [-0.05, 0) is 31.5 Å². The number of esters is 2. The molecule has 146 valence electrons. The van der Waals surface area contributed by atoms with Crippen molar-refractivity contribution in [2.45, 2.75) is 33.7 Å². The summed E-state index contributed by atoms with van der Waals surface area (Å²) in [6, 6.07) is 3.70. The van der Waals surface area contributed by atoms with Crippen molar-refractivity contribution in [2.24, 2.45) is 5.92 Å². The third-order valence-electron chi connectivity index (χ3n) is 3.97. The smallest absolute Gasteiger partial charge is 0.338 e. The van der Waals surface area contributed by atoms with Gasteiger partial charge in [-0.25, -0.2) is 9.59 Å². The Labute approximate surface area is 157 Å². The molecule has 1 aliphatic heterocycles. The molecule has 0 aromatic heterocycles. The van der Waals surface area contributed by atoms with E-state index in [0.29, 0.717) is 22.6 Å². The van der Waals surface area contributed by atoms with Crippen LogP contribution < -0.4 is 20.1 Å². The molecule has 2 rings (SSSR count). The molecule has 2 amide bonds. The molecular formula is C19H24N2O6. The molecule has 1 aromatic rings. The van der Waals surface area contributed by atoms with Crippen molar-refractivity contribution in [2.75, 3.05) is 13.7 Å². The van der Waals surface area contributed by atoms with E-state index in [4.69, 9.17) is 14.2 Å². The molecule has 0 fully saturated rings. The molecule has 0 saturated carbocycles. The lowest BCUT2D eigenvalue weighted by molar-refractivity contribution is -0.139. The molecule has 1 aliphatic rings. The topological polar surface area (TPSA) is 103 Å². The Hall–Kier alpha value is -3.03. The van der Waals surface area contributed by atoms with E-state index in [0.717, 1.165) is 0 Å². The zero-order chi connectivity index (χ0) is 20.1. The summed E-state index contributed by atoms with van der Waals surface area (Å²) in [7, 11) is 1.44. The van der Waals surface area contributed by atoms with Crippen molar-refractivity contribution >= 4 is 18.0 Å². The minimum Gasteiger partial charge on any atom is -0.493 e. The highest BCUT2D eigenvalue weighted by Crippen LogP contribution is 2.34. The predicted molar refractivity (Wildman–Crippen MR) is 97.2 cm³/mol. The van der Waals surface area contributed by atoms with E-state index >= 15 is 0 Å². The first-order valence-electron chi connectivity index (χ1n) is 8.63. The summed E-state index contributed by atoms with van der Waals surface area (Å²) in [5.41, 5.74) is 1.30. The van der Waals surface area contributed by atoms with Crippen molar-refractivity contribution in [3.8, 4) is 11.5 Å². The van der Waals surface area contributed by atoms with E-state index in [-0.39, 0.29) is 24.2 Å². The zero-order valence-corrected chi connectivity index (χ0v) is 16.0. The van der Waals surface area contributed by atoms with Gasteiger partial charge >= 0.3 is 18.0 Å². The first kappa shape index (κ1) is 20.3. The van der Waals surface area contributed by atoms with Gasteiger partial charge in [0.05, 0.1) is 31.2 Å². The van der Waals surface area contributed by atoms with E-state index in [9.17, 15) is 14.4 Å². The Bertz CT molecular complexity index is 784. The molecule has 8 heteroatoms. The van der Waals surface area contributed by atoms with Crippen molar-refractivity contribution in [1.29, 1.82) is 0 Å². The highest BCUT2D eigenvalue weighted by Gasteiger charge is 2.32. The molecule has 27 heavy (non-hydrogen) atoms. The molecule has 1 heterocycles. The van der Waals surface area contributed by atoms with Crippen LogP contribution in [0.3, 0.4) is 0 Å². The standard InChI is InChI=1S/C19H24N2O6/c1-6-26-18(23)15-11(4)20-19(24)21-16(15)12-7-8-13(14(9-12)25-5)27-17(22)10(2)3/h7-10,16H,6H2,1-5H3,(H2,20,21,24). The molecular weight excluding hydrogens is 352 g/mol. The molecule has 0 bridgehead atoms. The summed E-state index contributed by atoms with van der Waals surface area (Å²) >= 11 is 0.